The van der Waals surface area contributed by atoms with Crippen molar-refractivity contribution in [3.8, 4) is 0 Å². The van der Waals surface area contributed by atoms with E-state index in [9.17, 15) is 9.59 Å². The van der Waals surface area contributed by atoms with Crippen LogP contribution in [0.3, 0.4) is 0 Å². The molecule has 0 fully saturated rings. The standard InChI is InChI=1S/C8H12O5/c1-4(2)6(8(12)13)7(11)5(10)3-9/h5,9-10H,3H2,1-2H3,(H,12,13). The molecule has 0 radical (unpaired) electrons. The van der Waals surface area contributed by atoms with E-state index >= 15 is 0 Å². The van der Waals surface area contributed by atoms with Gasteiger partial charge in [-0.15, -0.1) is 0 Å². The first-order chi connectivity index (χ1) is 5.91. The number of hydrogen-bond donors (Lipinski definition) is 3. The van der Waals surface area contributed by atoms with E-state index in [1.807, 2.05) is 0 Å². The fourth-order valence-electron chi connectivity index (χ4n) is 0.815. The molecule has 3 N–H and O–H groups in total. The third kappa shape index (κ3) is 2.96. The minimum atomic E-state index is -1.65. The molecular formula is C8H12O5. The Kier molecular flexibility index (Phi) is 4.30. The number of carbonyl (C=O) groups is 2. The summed E-state index contributed by atoms with van der Waals surface area (Å²) in [7, 11) is 0. The van der Waals surface area contributed by atoms with Crippen molar-refractivity contribution >= 4 is 11.8 Å². The Bertz CT molecular complexity index is 249. The molecule has 0 aromatic carbocycles. The molecule has 0 spiro atoms. The molecule has 0 aliphatic rings. The van der Waals surface area contributed by atoms with Gasteiger partial charge in [-0.25, -0.2) is 4.79 Å². The second-order valence-electron chi connectivity index (χ2n) is 2.74. The molecule has 0 aliphatic heterocycles. The maximum Gasteiger partial charge on any atom is 0.339 e. The summed E-state index contributed by atoms with van der Waals surface area (Å²) in [5.74, 6) is -2.35. The van der Waals surface area contributed by atoms with E-state index in [0.717, 1.165) is 0 Å². The SMILES string of the molecule is CC(C)=C(C(=O)O)C(=O)C(O)CO. The zero-order valence-corrected chi connectivity index (χ0v) is 7.44. The molecule has 13 heavy (non-hydrogen) atoms. The fourth-order valence-corrected chi connectivity index (χ4v) is 0.815. The lowest BCUT2D eigenvalue weighted by Crippen LogP contribution is -2.29. The molecule has 0 aromatic rings. The predicted octanol–water partition coefficient (Wildman–Crippen LogP) is -0.670. The molecule has 5 heteroatoms. The van der Waals surface area contributed by atoms with E-state index in [1.165, 1.54) is 13.8 Å². The van der Waals surface area contributed by atoms with Gasteiger partial charge in [0.1, 0.15) is 11.7 Å². The van der Waals surface area contributed by atoms with Gasteiger partial charge in [0.05, 0.1) is 6.61 Å². The van der Waals surface area contributed by atoms with Crippen LogP contribution in [0.2, 0.25) is 0 Å². The van der Waals surface area contributed by atoms with E-state index in [2.05, 4.69) is 0 Å². The van der Waals surface area contributed by atoms with Crippen LogP contribution in [0.5, 0.6) is 0 Å². The van der Waals surface area contributed by atoms with Crippen LogP contribution in [-0.2, 0) is 9.59 Å². The maximum atomic E-state index is 11.1. The summed E-state index contributed by atoms with van der Waals surface area (Å²) in [5.41, 5.74) is -0.174. The van der Waals surface area contributed by atoms with E-state index in [-0.39, 0.29) is 0 Å². The second kappa shape index (κ2) is 4.74. The van der Waals surface area contributed by atoms with Crippen molar-refractivity contribution in [1.82, 2.24) is 0 Å². The number of rotatable bonds is 4. The lowest BCUT2D eigenvalue weighted by atomic mass is 10.0. The smallest absolute Gasteiger partial charge is 0.339 e. The molecular weight excluding hydrogens is 176 g/mol. The van der Waals surface area contributed by atoms with Crippen molar-refractivity contribution in [3.05, 3.63) is 11.1 Å². The molecule has 1 unspecified atom stereocenters. The lowest BCUT2D eigenvalue weighted by Gasteiger charge is -2.07. The average Bonchev–Trinajstić information content (AvgIpc) is 2.01. The normalized spacial score (nSPS) is 12.0. The Hall–Kier alpha value is -1.20. The Morgan fingerprint density at radius 2 is 1.77 bits per heavy atom. The Balaban J connectivity index is 4.91. The minimum Gasteiger partial charge on any atom is -0.478 e. The van der Waals surface area contributed by atoms with Gasteiger partial charge in [-0.3, -0.25) is 4.79 Å². The number of aliphatic hydroxyl groups is 2. The first kappa shape index (κ1) is 11.8. The van der Waals surface area contributed by atoms with Crippen LogP contribution in [0.4, 0.5) is 0 Å². The Labute approximate surface area is 75.3 Å². The molecule has 5 nitrogen and oxygen atoms in total. The maximum absolute atomic E-state index is 11.1. The van der Waals surface area contributed by atoms with Crippen LogP contribution in [0.25, 0.3) is 0 Å². The summed E-state index contributed by atoms with van der Waals surface area (Å²) >= 11 is 0. The monoisotopic (exact) mass is 188 g/mol. The number of ketones is 1. The summed E-state index contributed by atoms with van der Waals surface area (Å²) in [6.45, 7) is 2.12. The van der Waals surface area contributed by atoms with E-state index in [0.29, 0.717) is 5.57 Å². The van der Waals surface area contributed by atoms with Crippen LogP contribution in [0.1, 0.15) is 13.8 Å². The summed E-state index contributed by atoms with van der Waals surface area (Å²) < 4.78 is 0. The van der Waals surface area contributed by atoms with Gasteiger partial charge in [0, 0.05) is 0 Å². The average molecular weight is 188 g/mol. The number of Topliss-reactive ketones (excluding diaryl/α,β-unsaturated/α-hetero) is 1. The van der Waals surface area contributed by atoms with Gasteiger partial charge in [0.2, 0.25) is 5.78 Å². The molecule has 0 aliphatic carbocycles. The van der Waals surface area contributed by atoms with Crippen LogP contribution >= 0.6 is 0 Å². The third-order valence-electron chi connectivity index (χ3n) is 1.44. The molecule has 0 aromatic heterocycles. The number of hydrogen-bond acceptors (Lipinski definition) is 4. The fraction of sp³-hybridized carbons (Fsp3) is 0.500. The third-order valence-corrected chi connectivity index (χ3v) is 1.44. The molecule has 74 valence electrons. The lowest BCUT2D eigenvalue weighted by molar-refractivity contribution is -0.136. The van der Waals surface area contributed by atoms with Crippen molar-refractivity contribution in [1.29, 1.82) is 0 Å². The number of carbonyl (C=O) groups excluding carboxylic acids is 1. The first-order valence-corrected chi connectivity index (χ1v) is 3.65. The van der Waals surface area contributed by atoms with Gasteiger partial charge >= 0.3 is 5.97 Å². The summed E-state index contributed by atoms with van der Waals surface area (Å²) in [6, 6.07) is 0. The second-order valence-corrected chi connectivity index (χ2v) is 2.74. The van der Waals surface area contributed by atoms with Gasteiger partial charge in [0.25, 0.3) is 0 Å². The van der Waals surface area contributed by atoms with Gasteiger partial charge in [-0.05, 0) is 13.8 Å². The summed E-state index contributed by atoms with van der Waals surface area (Å²) in [4.78, 5) is 21.6. The number of aliphatic carboxylic acids is 1. The van der Waals surface area contributed by atoms with Crippen LogP contribution < -0.4 is 0 Å². The van der Waals surface area contributed by atoms with E-state index in [1.54, 1.807) is 0 Å². The minimum absolute atomic E-state index is 0.296. The van der Waals surface area contributed by atoms with Crippen molar-refractivity contribution in [2.75, 3.05) is 6.61 Å². The number of aliphatic hydroxyl groups excluding tert-OH is 2. The van der Waals surface area contributed by atoms with Crippen molar-refractivity contribution < 1.29 is 24.9 Å². The highest BCUT2D eigenvalue weighted by Crippen LogP contribution is 2.07. The zero-order valence-electron chi connectivity index (χ0n) is 7.44. The number of carboxylic acid groups (broad SMARTS) is 1. The largest absolute Gasteiger partial charge is 0.478 e. The van der Waals surface area contributed by atoms with Crippen LogP contribution in [0, 0.1) is 0 Å². The van der Waals surface area contributed by atoms with Crippen LogP contribution in [-0.4, -0.2) is 39.8 Å². The van der Waals surface area contributed by atoms with Crippen molar-refractivity contribution in [2.24, 2.45) is 0 Å². The molecule has 0 heterocycles. The molecule has 0 bridgehead atoms. The highest BCUT2D eigenvalue weighted by molar-refractivity contribution is 6.18. The van der Waals surface area contributed by atoms with Crippen molar-refractivity contribution in [2.45, 2.75) is 20.0 Å². The van der Waals surface area contributed by atoms with E-state index in [4.69, 9.17) is 15.3 Å². The van der Waals surface area contributed by atoms with E-state index < -0.39 is 30.0 Å². The van der Waals surface area contributed by atoms with Crippen LogP contribution in [0.15, 0.2) is 11.1 Å². The first-order valence-electron chi connectivity index (χ1n) is 3.65. The number of carboxylic acids is 1. The quantitative estimate of drug-likeness (QED) is 0.309. The molecule has 0 saturated carbocycles. The highest BCUT2D eigenvalue weighted by Gasteiger charge is 2.24. The molecule has 0 rings (SSSR count). The van der Waals surface area contributed by atoms with Gasteiger partial charge < -0.3 is 15.3 Å². The zero-order chi connectivity index (χ0) is 10.6. The Morgan fingerprint density at radius 3 is 2.00 bits per heavy atom. The molecule has 0 saturated heterocycles. The topological polar surface area (TPSA) is 94.8 Å². The predicted molar refractivity (Wildman–Crippen MR) is 44.1 cm³/mol. The van der Waals surface area contributed by atoms with Gasteiger partial charge in [-0.1, -0.05) is 5.57 Å². The Morgan fingerprint density at radius 1 is 1.31 bits per heavy atom. The van der Waals surface area contributed by atoms with Gasteiger partial charge in [0.15, 0.2) is 0 Å². The summed E-state index contributed by atoms with van der Waals surface area (Å²) in [5, 5.41) is 25.9. The van der Waals surface area contributed by atoms with Gasteiger partial charge in [-0.2, -0.15) is 0 Å². The summed E-state index contributed by atoms with van der Waals surface area (Å²) in [6.07, 6.45) is -1.65. The molecule has 1 atom stereocenters. The highest BCUT2D eigenvalue weighted by atomic mass is 16.4. The number of allylic oxidation sites excluding steroid dienone is 1. The molecule has 0 amide bonds. The van der Waals surface area contributed by atoms with Crippen molar-refractivity contribution in [3.63, 3.8) is 0 Å².